The standard InChI is InChI=1S/C22H18FN3O3S2/c1-15-5-4-12-26-21(27)13-17(24-22(15)26)14-30-20-7-3-2-6-19(20)25-31(28,29)18-10-8-16(23)9-11-18/h2-13,25H,14H2,1H3. The van der Waals surface area contributed by atoms with Crippen LogP contribution in [0.4, 0.5) is 10.1 Å². The number of sulfonamides is 1. The largest absolute Gasteiger partial charge is 0.278 e. The quantitative estimate of drug-likeness (QED) is 0.440. The molecular weight excluding hydrogens is 437 g/mol. The van der Waals surface area contributed by atoms with Crippen molar-refractivity contribution in [1.82, 2.24) is 9.38 Å². The molecule has 0 aliphatic heterocycles. The summed E-state index contributed by atoms with van der Waals surface area (Å²) in [6.07, 6.45) is 1.67. The molecule has 0 radical (unpaired) electrons. The van der Waals surface area contributed by atoms with Crippen molar-refractivity contribution in [1.29, 1.82) is 0 Å². The molecule has 0 saturated heterocycles. The molecule has 1 N–H and O–H groups in total. The molecule has 4 rings (SSSR count). The van der Waals surface area contributed by atoms with Gasteiger partial charge >= 0.3 is 0 Å². The molecule has 0 atom stereocenters. The normalized spacial score (nSPS) is 11.5. The smallest absolute Gasteiger partial charge is 0.261 e. The van der Waals surface area contributed by atoms with Crippen molar-refractivity contribution < 1.29 is 12.8 Å². The zero-order valence-corrected chi connectivity index (χ0v) is 18.1. The fraction of sp³-hybridized carbons (Fsp3) is 0.0909. The number of thioether (sulfide) groups is 1. The van der Waals surface area contributed by atoms with Gasteiger partial charge in [0.25, 0.3) is 15.6 Å². The summed E-state index contributed by atoms with van der Waals surface area (Å²) in [6, 6.07) is 16.7. The van der Waals surface area contributed by atoms with Crippen LogP contribution < -0.4 is 10.3 Å². The van der Waals surface area contributed by atoms with Gasteiger partial charge in [0, 0.05) is 22.9 Å². The van der Waals surface area contributed by atoms with E-state index in [1.807, 2.05) is 13.0 Å². The predicted octanol–water partition coefficient (Wildman–Crippen LogP) is 4.24. The first-order chi connectivity index (χ1) is 14.8. The Balaban J connectivity index is 1.58. The third-order valence-electron chi connectivity index (χ3n) is 4.57. The summed E-state index contributed by atoms with van der Waals surface area (Å²) < 4.78 is 42.5. The molecule has 0 fully saturated rings. The van der Waals surface area contributed by atoms with E-state index in [1.165, 1.54) is 34.4 Å². The van der Waals surface area contributed by atoms with Crippen LogP contribution in [0.2, 0.25) is 0 Å². The molecule has 0 unspecified atom stereocenters. The molecule has 4 aromatic rings. The summed E-state index contributed by atoms with van der Waals surface area (Å²) in [4.78, 5) is 17.6. The Morgan fingerprint density at radius 2 is 1.81 bits per heavy atom. The molecule has 0 aliphatic carbocycles. The van der Waals surface area contributed by atoms with E-state index >= 15 is 0 Å². The van der Waals surface area contributed by atoms with E-state index in [4.69, 9.17) is 0 Å². The van der Waals surface area contributed by atoms with Crippen LogP contribution in [-0.4, -0.2) is 17.8 Å². The predicted molar refractivity (Wildman–Crippen MR) is 119 cm³/mol. The van der Waals surface area contributed by atoms with Crippen molar-refractivity contribution in [2.24, 2.45) is 0 Å². The number of fused-ring (bicyclic) bond motifs is 1. The average Bonchev–Trinajstić information content (AvgIpc) is 2.74. The van der Waals surface area contributed by atoms with Gasteiger partial charge in [-0.05, 0) is 55.0 Å². The van der Waals surface area contributed by atoms with E-state index in [1.54, 1.807) is 36.5 Å². The molecule has 31 heavy (non-hydrogen) atoms. The monoisotopic (exact) mass is 455 g/mol. The fourth-order valence-corrected chi connectivity index (χ4v) is 5.07. The van der Waals surface area contributed by atoms with Crippen molar-refractivity contribution in [3.05, 3.63) is 100 Å². The summed E-state index contributed by atoms with van der Waals surface area (Å²) in [5.74, 6) is -0.126. The van der Waals surface area contributed by atoms with E-state index in [0.29, 0.717) is 27.7 Å². The van der Waals surface area contributed by atoms with Crippen LogP contribution in [0, 0.1) is 12.7 Å². The summed E-state index contributed by atoms with van der Waals surface area (Å²) in [7, 11) is -3.88. The molecule has 9 heteroatoms. The van der Waals surface area contributed by atoms with Gasteiger partial charge in [0.1, 0.15) is 11.5 Å². The van der Waals surface area contributed by atoms with Crippen LogP contribution in [0.5, 0.6) is 0 Å². The lowest BCUT2D eigenvalue weighted by Gasteiger charge is -2.12. The Labute approximate surface area is 182 Å². The van der Waals surface area contributed by atoms with Gasteiger partial charge < -0.3 is 0 Å². The van der Waals surface area contributed by atoms with Crippen LogP contribution in [0.25, 0.3) is 5.65 Å². The van der Waals surface area contributed by atoms with Gasteiger partial charge in [0.05, 0.1) is 16.3 Å². The number of rotatable bonds is 6. The molecular formula is C22H18FN3O3S2. The zero-order chi connectivity index (χ0) is 22.0. The fourth-order valence-electron chi connectivity index (χ4n) is 3.03. The molecule has 6 nitrogen and oxygen atoms in total. The zero-order valence-electron chi connectivity index (χ0n) is 16.4. The highest BCUT2D eigenvalue weighted by Crippen LogP contribution is 2.31. The third kappa shape index (κ3) is 4.62. The number of nitrogens with one attached hydrogen (secondary N) is 1. The third-order valence-corrected chi connectivity index (χ3v) is 7.06. The Morgan fingerprint density at radius 1 is 1.06 bits per heavy atom. The van der Waals surface area contributed by atoms with E-state index in [9.17, 15) is 17.6 Å². The lowest BCUT2D eigenvalue weighted by atomic mass is 10.3. The minimum absolute atomic E-state index is 0.0339. The first-order valence-corrected chi connectivity index (χ1v) is 11.8. The molecule has 0 saturated carbocycles. The van der Waals surface area contributed by atoms with Crippen molar-refractivity contribution >= 4 is 33.1 Å². The maximum absolute atomic E-state index is 13.1. The number of para-hydroxylation sites is 1. The number of halogens is 1. The Bertz CT molecular complexity index is 1420. The number of aromatic nitrogens is 2. The van der Waals surface area contributed by atoms with E-state index in [-0.39, 0.29) is 10.5 Å². The number of anilines is 1. The summed E-state index contributed by atoms with van der Waals surface area (Å²) in [5.41, 5.74) is 2.30. The number of aryl methyl sites for hydroxylation is 1. The molecule has 0 amide bonds. The van der Waals surface area contributed by atoms with Gasteiger partial charge in [-0.15, -0.1) is 11.8 Å². The van der Waals surface area contributed by atoms with Crippen molar-refractivity contribution in [3.8, 4) is 0 Å². The lowest BCUT2D eigenvalue weighted by molar-refractivity contribution is 0.599. The van der Waals surface area contributed by atoms with Gasteiger partial charge in [-0.3, -0.25) is 13.9 Å². The van der Waals surface area contributed by atoms with Gasteiger partial charge in [-0.1, -0.05) is 18.2 Å². The van der Waals surface area contributed by atoms with Crippen LogP contribution in [0.15, 0.2) is 87.5 Å². The van der Waals surface area contributed by atoms with Crippen molar-refractivity contribution in [2.45, 2.75) is 22.5 Å². The average molecular weight is 456 g/mol. The van der Waals surface area contributed by atoms with E-state index in [2.05, 4.69) is 9.71 Å². The van der Waals surface area contributed by atoms with Crippen molar-refractivity contribution in [2.75, 3.05) is 4.72 Å². The van der Waals surface area contributed by atoms with Crippen LogP contribution in [-0.2, 0) is 15.8 Å². The maximum Gasteiger partial charge on any atom is 0.261 e. The first-order valence-electron chi connectivity index (χ1n) is 9.32. The van der Waals surface area contributed by atoms with Crippen molar-refractivity contribution in [3.63, 3.8) is 0 Å². The maximum atomic E-state index is 13.1. The molecule has 0 bridgehead atoms. The summed E-state index contributed by atoms with van der Waals surface area (Å²) in [6.45, 7) is 1.89. The molecule has 158 valence electrons. The highest BCUT2D eigenvalue weighted by molar-refractivity contribution is 7.98. The molecule has 0 aliphatic rings. The molecule has 2 aromatic carbocycles. The Kier molecular flexibility index (Phi) is 5.79. The van der Waals surface area contributed by atoms with Gasteiger partial charge in [0.2, 0.25) is 0 Å². The highest BCUT2D eigenvalue weighted by Gasteiger charge is 2.16. The van der Waals surface area contributed by atoms with Gasteiger partial charge in [-0.2, -0.15) is 0 Å². The number of hydrogen-bond donors (Lipinski definition) is 1. The second-order valence-corrected chi connectivity index (χ2v) is 9.51. The highest BCUT2D eigenvalue weighted by atomic mass is 32.2. The Hall–Kier alpha value is -3.17. The lowest BCUT2D eigenvalue weighted by Crippen LogP contribution is -2.16. The summed E-state index contributed by atoms with van der Waals surface area (Å²) in [5, 5.41) is 0. The second kappa shape index (κ2) is 8.52. The number of benzene rings is 2. The second-order valence-electron chi connectivity index (χ2n) is 6.81. The van der Waals surface area contributed by atoms with Crippen LogP contribution in [0.1, 0.15) is 11.3 Å². The number of nitrogens with zero attached hydrogens (tertiary/aromatic N) is 2. The minimum Gasteiger partial charge on any atom is -0.278 e. The topological polar surface area (TPSA) is 80.5 Å². The molecule has 0 spiro atoms. The Morgan fingerprint density at radius 3 is 2.58 bits per heavy atom. The van der Waals surface area contributed by atoms with Crippen LogP contribution >= 0.6 is 11.8 Å². The number of hydrogen-bond acceptors (Lipinski definition) is 5. The van der Waals surface area contributed by atoms with Crippen LogP contribution in [0.3, 0.4) is 0 Å². The molecule has 2 aromatic heterocycles. The number of pyridine rings is 1. The van der Waals surface area contributed by atoms with E-state index < -0.39 is 15.8 Å². The van der Waals surface area contributed by atoms with Gasteiger partial charge in [-0.25, -0.2) is 17.8 Å². The SMILES string of the molecule is Cc1cccn2c(=O)cc(CSc3ccccc3NS(=O)(=O)c3ccc(F)cc3)nc12. The van der Waals surface area contributed by atoms with E-state index in [0.717, 1.165) is 17.7 Å². The minimum atomic E-state index is -3.88. The summed E-state index contributed by atoms with van der Waals surface area (Å²) >= 11 is 1.36. The van der Waals surface area contributed by atoms with Gasteiger partial charge in [0.15, 0.2) is 0 Å². The first kappa shape index (κ1) is 21.1. The molecule has 2 heterocycles.